The molecule has 1 aliphatic heterocycles. The summed E-state index contributed by atoms with van der Waals surface area (Å²) in [5, 5.41) is 29.7. The molecule has 11 nitrogen and oxygen atoms in total. The number of carboxylic acid groups (broad SMARTS) is 1. The predicted octanol–water partition coefficient (Wildman–Crippen LogP) is -1.27. The lowest BCUT2D eigenvalue weighted by atomic mass is 10.1. The number of carbonyl (C=O) groups is 1. The first-order chi connectivity index (χ1) is 12.8. The molecule has 0 unspecified atom stereocenters. The highest BCUT2D eigenvalue weighted by Crippen LogP contribution is 2.36. The zero-order valence-electron chi connectivity index (χ0n) is 14.7. The minimum Gasteiger partial charge on any atom is -0.480 e. The monoisotopic (exact) mass is 399 g/mol. The van der Waals surface area contributed by atoms with Gasteiger partial charge >= 0.3 is 5.97 Å². The molecule has 0 spiro atoms. The van der Waals surface area contributed by atoms with E-state index in [4.69, 9.17) is 21.3 Å². The summed E-state index contributed by atoms with van der Waals surface area (Å²) in [4.78, 5) is 23.0. The average molecular weight is 399 g/mol. The molecule has 2 aromatic heterocycles. The molecule has 0 bridgehead atoms. The van der Waals surface area contributed by atoms with Crippen molar-refractivity contribution in [3.8, 4) is 0 Å². The van der Waals surface area contributed by atoms with Crippen molar-refractivity contribution < 1.29 is 24.9 Å². The Hall–Kier alpha value is -1.99. The third kappa shape index (κ3) is 3.99. The van der Waals surface area contributed by atoms with Gasteiger partial charge in [0.2, 0.25) is 0 Å². The molecule has 0 amide bonds. The van der Waals surface area contributed by atoms with Gasteiger partial charge in [-0.15, -0.1) is 0 Å². The van der Waals surface area contributed by atoms with Gasteiger partial charge in [-0.25, -0.2) is 25.8 Å². The Balaban J connectivity index is 1.68. The first kappa shape index (κ1) is 19.8. The number of ether oxygens (including phenoxy) is 1. The molecule has 0 saturated carbocycles. The van der Waals surface area contributed by atoms with Crippen molar-refractivity contribution in [3.63, 3.8) is 0 Å². The number of imidazole rings is 1. The molecule has 27 heavy (non-hydrogen) atoms. The van der Waals surface area contributed by atoms with E-state index in [1.54, 1.807) is 0 Å². The second-order valence-corrected chi connectivity index (χ2v) is 8.82. The molecule has 5 atom stereocenters. The average Bonchev–Trinajstić information content (AvgIpc) is 3.17. The fraction of sp³-hybridized carbons (Fsp3) is 0.600. The third-order valence-corrected chi connectivity index (χ3v) is 6.37. The summed E-state index contributed by atoms with van der Waals surface area (Å²) < 4.78 is 7.41. The van der Waals surface area contributed by atoms with E-state index < -0.39 is 36.6 Å². The van der Waals surface area contributed by atoms with Crippen LogP contribution in [0.2, 0.25) is 0 Å². The smallest absolute Gasteiger partial charge is 0.320 e. The van der Waals surface area contributed by atoms with Crippen molar-refractivity contribution in [1.29, 1.82) is 0 Å². The molecule has 3 rings (SSSR count). The van der Waals surface area contributed by atoms with Gasteiger partial charge < -0.3 is 31.5 Å². The van der Waals surface area contributed by atoms with Crippen LogP contribution < -0.4 is 11.5 Å². The van der Waals surface area contributed by atoms with Gasteiger partial charge in [-0.3, -0.25) is 9.36 Å². The molecule has 1 radical (unpaired) electrons. The predicted molar refractivity (Wildman–Crippen MR) is 99.1 cm³/mol. The van der Waals surface area contributed by atoms with Crippen LogP contribution in [-0.4, -0.2) is 82.9 Å². The summed E-state index contributed by atoms with van der Waals surface area (Å²) in [5.74, 6) is 0.254. The Morgan fingerprint density at radius 2 is 2.11 bits per heavy atom. The number of aliphatic carboxylic acids is 1. The second-order valence-electron chi connectivity index (χ2n) is 6.51. The summed E-state index contributed by atoms with van der Waals surface area (Å²) in [6, 6.07) is -0.907. The van der Waals surface area contributed by atoms with E-state index in [-0.39, 0.29) is 16.7 Å². The van der Waals surface area contributed by atoms with Gasteiger partial charge in [-0.05, 0) is 18.4 Å². The quantitative estimate of drug-likeness (QED) is 0.376. The number of aliphatic hydroxyl groups is 2. The van der Waals surface area contributed by atoms with Crippen LogP contribution in [-0.2, 0) is 9.53 Å². The van der Waals surface area contributed by atoms with E-state index in [0.717, 1.165) is 0 Å². The lowest BCUT2D eigenvalue weighted by Crippen LogP contribution is -2.34. The van der Waals surface area contributed by atoms with Gasteiger partial charge in [0, 0.05) is 5.75 Å². The molecule has 1 aliphatic rings. The topological polar surface area (TPSA) is 183 Å². The number of anilines is 1. The number of fused-ring (bicyclic) bond motifs is 1. The van der Waals surface area contributed by atoms with E-state index in [1.165, 1.54) is 17.2 Å². The number of aromatic nitrogens is 4. The van der Waals surface area contributed by atoms with Crippen LogP contribution in [0.25, 0.3) is 11.2 Å². The first-order valence-corrected chi connectivity index (χ1v) is 10.3. The number of rotatable bonds is 7. The Morgan fingerprint density at radius 3 is 2.81 bits per heavy atom. The summed E-state index contributed by atoms with van der Waals surface area (Å²) in [6.07, 6.45) is 1.31. The van der Waals surface area contributed by atoms with Gasteiger partial charge in [0.05, 0.1) is 12.4 Å². The van der Waals surface area contributed by atoms with Gasteiger partial charge in [0.15, 0.2) is 17.7 Å². The summed E-state index contributed by atoms with van der Waals surface area (Å²) >= 11 is 0. The molecule has 149 valence electrons. The Morgan fingerprint density at radius 1 is 1.37 bits per heavy atom. The minimum absolute atomic E-state index is 0.216. The molecule has 7 N–H and O–H groups in total. The molecule has 2 aromatic rings. The molecule has 0 aliphatic carbocycles. The van der Waals surface area contributed by atoms with E-state index in [1.807, 2.05) is 6.26 Å². The fourth-order valence-electron chi connectivity index (χ4n) is 2.97. The number of nitrogens with zero attached hydrogens (tertiary/aromatic N) is 4. The standard InChI is InChI=1S/C15H23N6O5S/c1-27(3-2-7(16)15(24)25)4-8-10(22)11(23)14(26-8)21-6-20-9-12(17)18-5-19-13(9)21/h5-8,10-11,14,22-23H,2-4,16H2,1H3,(H,24,25)(H2,17,18,19)/t7-,8+,10+,11+,14+/m0/s1. The number of nitrogens with two attached hydrogens (primary N) is 2. The van der Waals surface area contributed by atoms with Crippen LogP contribution >= 0.6 is 10.9 Å². The normalized spacial score (nSPS) is 26.7. The number of aliphatic hydroxyl groups excluding tert-OH is 2. The van der Waals surface area contributed by atoms with Crippen LogP contribution in [0.3, 0.4) is 0 Å². The zero-order valence-corrected chi connectivity index (χ0v) is 15.5. The van der Waals surface area contributed by atoms with Crippen molar-refractivity contribution in [2.24, 2.45) is 5.73 Å². The van der Waals surface area contributed by atoms with Crippen molar-refractivity contribution >= 4 is 33.8 Å². The van der Waals surface area contributed by atoms with Crippen LogP contribution in [0.5, 0.6) is 0 Å². The van der Waals surface area contributed by atoms with Crippen LogP contribution in [0, 0.1) is 0 Å². The molecule has 3 heterocycles. The van der Waals surface area contributed by atoms with Crippen molar-refractivity contribution in [2.75, 3.05) is 23.5 Å². The van der Waals surface area contributed by atoms with E-state index >= 15 is 0 Å². The SMILES string of the molecule is C[S](CC[C@H](N)C(=O)O)C[C@H]1O[C@@H](n2cnc3c(N)ncnc32)[C@H](O)[C@@H]1O. The van der Waals surface area contributed by atoms with Gasteiger partial charge in [0.1, 0.15) is 30.1 Å². The molecule has 1 fully saturated rings. The Bertz CT molecular complexity index is 819. The van der Waals surface area contributed by atoms with E-state index in [2.05, 4.69) is 15.0 Å². The Labute approximate surface area is 157 Å². The van der Waals surface area contributed by atoms with Crippen LogP contribution in [0.1, 0.15) is 12.6 Å². The molecule has 1 saturated heterocycles. The highest BCUT2D eigenvalue weighted by Gasteiger charge is 2.44. The summed E-state index contributed by atoms with van der Waals surface area (Å²) in [6.45, 7) is 0. The highest BCUT2D eigenvalue weighted by atomic mass is 32.2. The largest absolute Gasteiger partial charge is 0.480 e. The summed E-state index contributed by atoms with van der Waals surface area (Å²) in [5.41, 5.74) is 12.1. The van der Waals surface area contributed by atoms with Crippen molar-refractivity contribution in [1.82, 2.24) is 19.5 Å². The molecule has 0 aromatic carbocycles. The van der Waals surface area contributed by atoms with Gasteiger partial charge in [0.25, 0.3) is 0 Å². The van der Waals surface area contributed by atoms with Crippen molar-refractivity contribution in [3.05, 3.63) is 12.7 Å². The molecular formula is C15H23N6O5S. The lowest BCUT2D eigenvalue weighted by Gasteiger charge is -2.21. The van der Waals surface area contributed by atoms with Crippen LogP contribution in [0.15, 0.2) is 12.7 Å². The van der Waals surface area contributed by atoms with E-state index in [0.29, 0.717) is 29.1 Å². The van der Waals surface area contributed by atoms with E-state index in [9.17, 15) is 15.0 Å². The maximum absolute atomic E-state index is 10.8. The number of carboxylic acids is 1. The number of nitrogen functional groups attached to an aromatic ring is 1. The Kier molecular flexibility index (Phi) is 5.81. The number of hydrogen-bond donors (Lipinski definition) is 5. The third-order valence-electron chi connectivity index (χ3n) is 4.54. The minimum atomic E-state index is -1.16. The van der Waals surface area contributed by atoms with Gasteiger partial charge in [-0.1, -0.05) is 0 Å². The van der Waals surface area contributed by atoms with Crippen LogP contribution in [0.4, 0.5) is 5.82 Å². The van der Waals surface area contributed by atoms with Gasteiger partial charge in [-0.2, -0.15) is 0 Å². The first-order valence-electron chi connectivity index (χ1n) is 8.31. The fourth-order valence-corrected chi connectivity index (χ4v) is 4.63. The maximum Gasteiger partial charge on any atom is 0.320 e. The zero-order chi connectivity index (χ0) is 19.7. The van der Waals surface area contributed by atoms with Crippen molar-refractivity contribution in [2.45, 2.75) is 37.0 Å². The lowest BCUT2D eigenvalue weighted by molar-refractivity contribution is -0.138. The second kappa shape index (κ2) is 7.94. The number of hydrogen-bond acceptors (Lipinski definition) is 9. The summed E-state index contributed by atoms with van der Waals surface area (Å²) in [7, 11) is -0.235. The molecule has 12 heteroatoms. The maximum atomic E-state index is 10.8. The molecular weight excluding hydrogens is 376 g/mol. The highest BCUT2D eigenvalue weighted by molar-refractivity contribution is 8.16.